The molecule has 1 fully saturated rings. The van der Waals surface area contributed by atoms with Crippen LogP contribution in [0, 0.1) is 6.01 Å². The average molecular weight is 397 g/mol. The van der Waals surface area contributed by atoms with Crippen LogP contribution in [0.5, 0.6) is 5.75 Å². The molecular weight excluding hydrogens is 378 g/mol. The number of piperidine rings is 1. The maximum Gasteiger partial charge on any atom is 0.278 e. The van der Waals surface area contributed by atoms with Crippen molar-refractivity contribution in [1.29, 1.82) is 0 Å². The zero-order valence-corrected chi connectivity index (χ0v) is 15.6. The number of aromatic nitrogens is 1. The largest absolute Gasteiger partial charge is 0.487 e. The molecule has 4 nitrogen and oxygen atoms in total. The highest BCUT2D eigenvalue weighted by Crippen LogP contribution is 2.33. The Morgan fingerprint density at radius 3 is 2.88 bits per heavy atom. The summed E-state index contributed by atoms with van der Waals surface area (Å²) in [4.78, 5) is 4.54. The number of nitrogens with one attached hydrogen (secondary N) is 1. The van der Waals surface area contributed by atoms with Gasteiger partial charge in [-0.3, -0.25) is 4.98 Å². The van der Waals surface area contributed by atoms with E-state index in [1.165, 1.54) is 6.07 Å². The Hall–Kier alpha value is -1.82. The molecule has 1 aliphatic rings. The molecule has 2 aromatic heterocycles. The van der Waals surface area contributed by atoms with Crippen LogP contribution in [0.15, 0.2) is 40.9 Å². The molecule has 138 valence electrons. The highest BCUT2D eigenvalue weighted by Gasteiger charge is 2.20. The van der Waals surface area contributed by atoms with Gasteiger partial charge in [-0.1, -0.05) is 17.7 Å². The summed E-state index contributed by atoms with van der Waals surface area (Å²) in [6.45, 7) is 2.25. The minimum Gasteiger partial charge on any atom is -0.487 e. The van der Waals surface area contributed by atoms with E-state index in [4.69, 9.17) is 20.8 Å². The van der Waals surface area contributed by atoms with Gasteiger partial charge >= 0.3 is 0 Å². The Bertz CT molecular complexity index is 894. The summed E-state index contributed by atoms with van der Waals surface area (Å²) in [5.74, 6) is 1.16. The fourth-order valence-electron chi connectivity index (χ4n) is 3.31. The first kappa shape index (κ1) is 19.0. The molecule has 1 N–H and O–H groups in total. The van der Waals surface area contributed by atoms with Crippen molar-refractivity contribution in [2.24, 2.45) is 0 Å². The monoisotopic (exact) mass is 396 g/mol. The lowest BCUT2D eigenvalue weighted by atomic mass is 9.93. The second kappa shape index (κ2) is 8.25. The van der Waals surface area contributed by atoms with Crippen molar-refractivity contribution in [2.45, 2.75) is 25.4 Å². The zero-order chi connectivity index (χ0) is 17.2. The van der Waals surface area contributed by atoms with Crippen LogP contribution in [0.4, 0.5) is 4.39 Å². The maximum atomic E-state index is 13.5. The molecule has 0 atom stereocenters. The van der Waals surface area contributed by atoms with E-state index in [1.54, 1.807) is 18.3 Å². The third-order valence-corrected chi connectivity index (χ3v) is 4.92. The highest BCUT2D eigenvalue weighted by molar-refractivity contribution is 6.35. The number of furan rings is 1. The highest BCUT2D eigenvalue weighted by atomic mass is 35.5. The Morgan fingerprint density at radius 2 is 2.08 bits per heavy atom. The quantitative estimate of drug-likeness (QED) is 0.667. The molecule has 1 aromatic carbocycles. The summed E-state index contributed by atoms with van der Waals surface area (Å²) >= 11 is 6.10. The van der Waals surface area contributed by atoms with E-state index in [0.717, 1.165) is 42.9 Å². The minimum atomic E-state index is -0.652. The van der Waals surface area contributed by atoms with Crippen LogP contribution in [-0.4, -0.2) is 18.1 Å². The van der Waals surface area contributed by atoms with Gasteiger partial charge in [-0.05, 0) is 44.1 Å². The van der Waals surface area contributed by atoms with E-state index in [2.05, 4.69) is 10.3 Å². The van der Waals surface area contributed by atoms with Gasteiger partial charge in [-0.2, -0.15) is 4.39 Å². The molecule has 0 radical (unpaired) electrons. The van der Waals surface area contributed by atoms with Crippen molar-refractivity contribution in [3.05, 3.63) is 58.8 Å². The Kier molecular flexibility index (Phi) is 6.01. The molecule has 0 unspecified atom stereocenters. The zero-order valence-electron chi connectivity index (χ0n) is 14.0. The lowest BCUT2D eigenvalue weighted by molar-refractivity contribution is 0.293. The molecule has 0 aliphatic carbocycles. The minimum absolute atomic E-state index is 0. The van der Waals surface area contributed by atoms with E-state index < -0.39 is 6.01 Å². The summed E-state index contributed by atoms with van der Waals surface area (Å²) < 4.78 is 24.7. The third-order valence-electron chi connectivity index (χ3n) is 4.59. The second-order valence-corrected chi connectivity index (χ2v) is 6.61. The van der Waals surface area contributed by atoms with Crippen molar-refractivity contribution in [1.82, 2.24) is 10.3 Å². The molecule has 1 aliphatic heterocycles. The molecule has 1 saturated heterocycles. The summed E-state index contributed by atoms with van der Waals surface area (Å²) in [5, 5.41) is 4.38. The molecular formula is C19H19Cl2FN2O2. The molecule has 0 amide bonds. The van der Waals surface area contributed by atoms with Crippen LogP contribution in [0.25, 0.3) is 11.0 Å². The van der Waals surface area contributed by atoms with E-state index in [-0.39, 0.29) is 19.0 Å². The molecule has 3 heterocycles. The summed E-state index contributed by atoms with van der Waals surface area (Å²) in [6, 6.07) is 7.97. The van der Waals surface area contributed by atoms with Crippen molar-refractivity contribution in [3.8, 4) is 5.75 Å². The number of hydrogen-bond donors (Lipinski definition) is 1. The van der Waals surface area contributed by atoms with E-state index in [0.29, 0.717) is 21.9 Å². The molecule has 7 heteroatoms. The van der Waals surface area contributed by atoms with Crippen LogP contribution in [0.2, 0.25) is 5.02 Å². The number of halogens is 3. The molecule has 3 aromatic rings. The van der Waals surface area contributed by atoms with Crippen molar-refractivity contribution in [3.63, 3.8) is 0 Å². The van der Waals surface area contributed by atoms with Gasteiger partial charge in [0.1, 0.15) is 17.9 Å². The van der Waals surface area contributed by atoms with Gasteiger partial charge < -0.3 is 14.5 Å². The normalized spacial score (nSPS) is 15.0. The number of fused-ring (bicyclic) bond motifs is 1. The topological polar surface area (TPSA) is 47.3 Å². The van der Waals surface area contributed by atoms with Crippen molar-refractivity contribution in [2.75, 3.05) is 13.1 Å². The lowest BCUT2D eigenvalue weighted by Crippen LogP contribution is -2.27. The van der Waals surface area contributed by atoms with Gasteiger partial charge in [0.05, 0.1) is 10.7 Å². The van der Waals surface area contributed by atoms with Crippen LogP contribution in [-0.2, 0) is 6.61 Å². The fourth-order valence-corrected chi connectivity index (χ4v) is 3.52. The van der Waals surface area contributed by atoms with Crippen LogP contribution < -0.4 is 10.1 Å². The molecule has 0 spiro atoms. The van der Waals surface area contributed by atoms with Crippen molar-refractivity contribution >= 4 is 35.0 Å². The predicted molar refractivity (Wildman–Crippen MR) is 102 cm³/mol. The third kappa shape index (κ3) is 3.80. The first-order valence-electron chi connectivity index (χ1n) is 8.37. The second-order valence-electron chi connectivity index (χ2n) is 6.20. The number of hydrogen-bond acceptors (Lipinski definition) is 4. The van der Waals surface area contributed by atoms with E-state index in [1.807, 2.05) is 12.1 Å². The summed E-state index contributed by atoms with van der Waals surface area (Å²) in [6.07, 6.45) is 3.89. The first-order valence-corrected chi connectivity index (χ1v) is 8.75. The van der Waals surface area contributed by atoms with Crippen molar-refractivity contribution < 1.29 is 13.5 Å². The average Bonchev–Trinajstić information content (AvgIpc) is 3.05. The molecule has 26 heavy (non-hydrogen) atoms. The van der Waals surface area contributed by atoms with Crippen LogP contribution in [0.3, 0.4) is 0 Å². The Balaban J connectivity index is 0.00000196. The van der Waals surface area contributed by atoms with Gasteiger partial charge in [-0.25, -0.2) is 0 Å². The SMILES string of the molecule is Cl.Fc1cc2c(Cl)ccc(COc3cccnc3C3CCNCC3)c2o1. The van der Waals surface area contributed by atoms with E-state index in [9.17, 15) is 4.39 Å². The van der Waals surface area contributed by atoms with Gasteiger partial charge in [0.2, 0.25) is 0 Å². The number of benzene rings is 1. The molecule has 4 rings (SSSR count). The predicted octanol–water partition coefficient (Wildman–Crippen LogP) is 5.09. The number of rotatable bonds is 4. The molecule has 0 saturated carbocycles. The first-order chi connectivity index (χ1) is 12.2. The number of ether oxygens (including phenoxy) is 1. The Labute approximate surface area is 162 Å². The fraction of sp³-hybridized carbons (Fsp3) is 0.316. The summed E-state index contributed by atoms with van der Waals surface area (Å²) in [7, 11) is 0. The van der Waals surface area contributed by atoms with Gasteiger partial charge in [-0.15, -0.1) is 12.4 Å². The van der Waals surface area contributed by atoms with Gasteiger partial charge in [0, 0.05) is 29.1 Å². The smallest absolute Gasteiger partial charge is 0.278 e. The van der Waals surface area contributed by atoms with E-state index >= 15 is 0 Å². The maximum absolute atomic E-state index is 13.5. The summed E-state index contributed by atoms with van der Waals surface area (Å²) in [5.41, 5.74) is 2.17. The van der Waals surface area contributed by atoms with Crippen LogP contribution >= 0.6 is 24.0 Å². The standard InChI is InChI=1S/C19H18ClFN2O2.ClH/c20-15-4-3-13(19-14(15)10-17(21)25-19)11-24-16-2-1-7-23-18(16)12-5-8-22-9-6-12;/h1-4,7,10,12,22H,5-6,8-9,11H2;1H. The number of pyridine rings is 1. The lowest BCUT2D eigenvalue weighted by Gasteiger charge is -2.23. The van der Waals surface area contributed by atoms with Gasteiger partial charge in [0.25, 0.3) is 6.01 Å². The van der Waals surface area contributed by atoms with Gasteiger partial charge in [0.15, 0.2) is 0 Å². The van der Waals surface area contributed by atoms with Crippen LogP contribution in [0.1, 0.15) is 30.0 Å². The molecule has 0 bridgehead atoms. The Morgan fingerprint density at radius 1 is 1.27 bits per heavy atom. The number of nitrogens with zero attached hydrogens (tertiary/aromatic N) is 1.